The van der Waals surface area contributed by atoms with Gasteiger partial charge in [0.25, 0.3) is 11.6 Å². The Bertz CT molecular complexity index is 967. The third kappa shape index (κ3) is 5.33. The fourth-order valence-electron chi connectivity index (χ4n) is 2.82. The standard InChI is InChI=1S/C18H16Cl2N4O4S/c19-11-1-3-14(20)15(9-11)21-18(29)22-17(25)13-10-12(24(26)27)2-4-16(13)23-5-7-28-8-6-23/h1-4,9-10H,5-8H2,(H2,21,22,25,29). The second kappa shape index (κ2) is 9.36. The molecular weight excluding hydrogens is 439 g/mol. The van der Waals surface area contributed by atoms with Gasteiger partial charge in [0, 0.05) is 30.2 Å². The van der Waals surface area contributed by atoms with Crippen LogP contribution in [0.5, 0.6) is 0 Å². The molecule has 3 rings (SSSR count). The average Bonchev–Trinajstić information content (AvgIpc) is 2.70. The van der Waals surface area contributed by atoms with Gasteiger partial charge in [0.1, 0.15) is 0 Å². The maximum absolute atomic E-state index is 12.9. The molecule has 1 fully saturated rings. The number of non-ortho nitro benzene ring substituents is 1. The van der Waals surface area contributed by atoms with Gasteiger partial charge in [-0.25, -0.2) is 0 Å². The number of anilines is 2. The summed E-state index contributed by atoms with van der Waals surface area (Å²) in [6.45, 7) is 2.15. The molecule has 2 N–H and O–H groups in total. The highest BCUT2D eigenvalue weighted by atomic mass is 35.5. The minimum absolute atomic E-state index is 0.0152. The van der Waals surface area contributed by atoms with E-state index in [0.29, 0.717) is 47.7 Å². The van der Waals surface area contributed by atoms with E-state index in [4.69, 9.17) is 40.2 Å². The number of hydrogen-bond acceptors (Lipinski definition) is 6. The minimum atomic E-state index is -0.578. The van der Waals surface area contributed by atoms with Crippen LogP contribution < -0.4 is 15.5 Å². The number of thiocarbonyl (C=S) groups is 1. The number of nitro groups is 1. The number of nitrogens with zero attached hydrogens (tertiary/aromatic N) is 2. The van der Waals surface area contributed by atoms with Crippen LogP contribution in [0.3, 0.4) is 0 Å². The summed E-state index contributed by atoms with van der Waals surface area (Å²) >= 11 is 17.2. The van der Waals surface area contributed by atoms with E-state index < -0.39 is 10.8 Å². The van der Waals surface area contributed by atoms with Crippen LogP contribution in [0.15, 0.2) is 36.4 Å². The van der Waals surface area contributed by atoms with E-state index >= 15 is 0 Å². The van der Waals surface area contributed by atoms with Crippen LogP contribution in [-0.2, 0) is 4.74 Å². The van der Waals surface area contributed by atoms with Gasteiger partial charge < -0.3 is 15.0 Å². The highest BCUT2D eigenvalue weighted by molar-refractivity contribution is 7.80. The Morgan fingerprint density at radius 1 is 1.17 bits per heavy atom. The second-order valence-electron chi connectivity index (χ2n) is 6.09. The van der Waals surface area contributed by atoms with Gasteiger partial charge in [-0.1, -0.05) is 23.2 Å². The van der Waals surface area contributed by atoms with E-state index in [-0.39, 0.29) is 16.4 Å². The Hall–Kier alpha value is -2.46. The van der Waals surface area contributed by atoms with E-state index in [1.807, 2.05) is 4.90 Å². The molecule has 29 heavy (non-hydrogen) atoms. The average molecular weight is 455 g/mol. The van der Waals surface area contributed by atoms with Crippen molar-refractivity contribution in [3.8, 4) is 0 Å². The summed E-state index contributed by atoms with van der Waals surface area (Å²) in [5.74, 6) is -0.578. The zero-order valence-corrected chi connectivity index (χ0v) is 17.3. The van der Waals surface area contributed by atoms with Crippen LogP contribution >= 0.6 is 35.4 Å². The monoisotopic (exact) mass is 454 g/mol. The smallest absolute Gasteiger partial charge is 0.270 e. The molecular formula is C18H16Cl2N4O4S. The molecule has 0 aromatic heterocycles. The van der Waals surface area contributed by atoms with Gasteiger partial charge >= 0.3 is 0 Å². The Labute approximate surface area is 181 Å². The first kappa shape index (κ1) is 21.3. The molecule has 1 amide bonds. The maximum atomic E-state index is 12.9. The number of carbonyl (C=O) groups excluding carboxylic acids is 1. The number of ether oxygens (including phenoxy) is 1. The van der Waals surface area contributed by atoms with Crippen molar-refractivity contribution in [2.75, 3.05) is 36.5 Å². The number of nitrogens with one attached hydrogen (secondary N) is 2. The SMILES string of the molecule is O=C(NC(=S)Nc1cc(Cl)ccc1Cl)c1cc([N+](=O)[O-])ccc1N1CCOCC1. The summed E-state index contributed by atoms with van der Waals surface area (Å²) in [7, 11) is 0. The molecule has 0 radical (unpaired) electrons. The van der Waals surface area contributed by atoms with Crippen LogP contribution in [0.25, 0.3) is 0 Å². The van der Waals surface area contributed by atoms with Gasteiger partial charge in [0.05, 0.1) is 40.1 Å². The molecule has 0 aliphatic carbocycles. The largest absolute Gasteiger partial charge is 0.378 e. The van der Waals surface area contributed by atoms with Crippen LogP contribution in [0.2, 0.25) is 10.0 Å². The normalized spacial score (nSPS) is 13.7. The van der Waals surface area contributed by atoms with E-state index in [1.165, 1.54) is 12.1 Å². The maximum Gasteiger partial charge on any atom is 0.270 e. The molecule has 0 bridgehead atoms. The van der Waals surface area contributed by atoms with Crippen molar-refractivity contribution in [2.45, 2.75) is 0 Å². The van der Waals surface area contributed by atoms with Crippen molar-refractivity contribution < 1.29 is 14.5 Å². The topological polar surface area (TPSA) is 96.7 Å². The van der Waals surface area contributed by atoms with Crippen molar-refractivity contribution in [1.82, 2.24) is 5.32 Å². The van der Waals surface area contributed by atoms with Gasteiger partial charge in [0.15, 0.2) is 5.11 Å². The van der Waals surface area contributed by atoms with Crippen molar-refractivity contribution in [1.29, 1.82) is 0 Å². The van der Waals surface area contributed by atoms with Crippen molar-refractivity contribution in [2.24, 2.45) is 0 Å². The summed E-state index contributed by atoms with van der Waals surface area (Å²) in [5, 5.41) is 17.3. The number of morpholine rings is 1. The Kier molecular flexibility index (Phi) is 6.86. The Balaban J connectivity index is 1.82. The number of nitro benzene ring substituents is 1. The molecule has 1 aliphatic rings. The highest BCUT2D eigenvalue weighted by Gasteiger charge is 2.22. The fourth-order valence-corrected chi connectivity index (χ4v) is 3.36. The molecule has 11 heteroatoms. The van der Waals surface area contributed by atoms with E-state index in [9.17, 15) is 14.9 Å². The highest BCUT2D eigenvalue weighted by Crippen LogP contribution is 2.27. The number of rotatable bonds is 4. The first-order chi connectivity index (χ1) is 13.8. The number of amides is 1. The molecule has 152 valence electrons. The van der Waals surface area contributed by atoms with Crippen molar-refractivity contribution >= 4 is 63.5 Å². The predicted molar refractivity (Wildman–Crippen MR) is 116 cm³/mol. The Morgan fingerprint density at radius 3 is 2.59 bits per heavy atom. The summed E-state index contributed by atoms with van der Waals surface area (Å²) < 4.78 is 5.33. The van der Waals surface area contributed by atoms with Crippen LogP contribution in [0.4, 0.5) is 17.1 Å². The molecule has 2 aromatic carbocycles. The molecule has 0 spiro atoms. The zero-order valence-electron chi connectivity index (χ0n) is 15.0. The molecule has 0 unspecified atom stereocenters. The fraction of sp³-hybridized carbons (Fsp3) is 0.222. The van der Waals surface area contributed by atoms with Gasteiger partial charge in [-0.2, -0.15) is 0 Å². The molecule has 0 atom stereocenters. The zero-order chi connectivity index (χ0) is 21.0. The van der Waals surface area contributed by atoms with Crippen molar-refractivity contribution in [3.05, 3.63) is 62.1 Å². The van der Waals surface area contributed by atoms with Gasteiger partial charge in [0.2, 0.25) is 0 Å². The Morgan fingerprint density at radius 2 is 1.90 bits per heavy atom. The molecule has 2 aromatic rings. The van der Waals surface area contributed by atoms with Crippen LogP contribution in [0.1, 0.15) is 10.4 Å². The minimum Gasteiger partial charge on any atom is -0.378 e. The molecule has 1 saturated heterocycles. The lowest BCUT2D eigenvalue weighted by atomic mass is 10.1. The number of benzene rings is 2. The van der Waals surface area contributed by atoms with E-state index in [0.717, 1.165) is 0 Å². The second-order valence-corrected chi connectivity index (χ2v) is 7.34. The molecule has 8 nitrogen and oxygen atoms in total. The summed E-state index contributed by atoms with van der Waals surface area (Å²) in [4.78, 5) is 25.4. The summed E-state index contributed by atoms with van der Waals surface area (Å²) in [6.07, 6.45) is 0. The van der Waals surface area contributed by atoms with Crippen LogP contribution in [0, 0.1) is 10.1 Å². The number of hydrogen-bond donors (Lipinski definition) is 2. The van der Waals surface area contributed by atoms with Gasteiger partial charge in [-0.15, -0.1) is 0 Å². The lowest BCUT2D eigenvalue weighted by Gasteiger charge is -2.30. The quantitative estimate of drug-likeness (QED) is 0.411. The lowest BCUT2D eigenvalue weighted by Crippen LogP contribution is -2.39. The molecule has 1 aliphatic heterocycles. The first-order valence-corrected chi connectivity index (χ1v) is 9.70. The third-order valence-electron chi connectivity index (χ3n) is 4.19. The third-order valence-corrected chi connectivity index (χ3v) is 4.96. The first-order valence-electron chi connectivity index (χ1n) is 8.53. The predicted octanol–water partition coefficient (Wildman–Crippen LogP) is 3.87. The van der Waals surface area contributed by atoms with Crippen LogP contribution in [-0.4, -0.2) is 42.2 Å². The lowest BCUT2D eigenvalue weighted by molar-refractivity contribution is -0.384. The summed E-state index contributed by atoms with van der Waals surface area (Å²) in [6, 6.07) is 8.93. The summed E-state index contributed by atoms with van der Waals surface area (Å²) in [5.41, 5.74) is 0.947. The van der Waals surface area contributed by atoms with Gasteiger partial charge in [-0.05, 0) is 36.5 Å². The number of halogens is 2. The molecule has 0 saturated carbocycles. The molecule has 1 heterocycles. The van der Waals surface area contributed by atoms with Crippen molar-refractivity contribution in [3.63, 3.8) is 0 Å². The van der Waals surface area contributed by atoms with E-state index in [1.54, 1.807) is 24.3 Å². The van der Waals surface area contributed by atoms with E-state index in [2.05, 4.69) is 10.6 Å². The number of carbonyl (C=O) groups is 1. The van der Waals surface area contributed by atoms with Gasteiger partial charge in [-0.3, -0.25) is 20.2 Å².